The Labute approximate surface area is 89.3 Å². The van der Waals surface area contributed by atoms with E-state index >= 15 is 0 Å². The lowest BCUT2D eigenvalue weighted by Crippen LogP contribution is -2.50. The van der Waals surface area contributed by atoms with Gasteiger partial charge in [-0.15, -0.1) is 0 Å². The Hall–Kier alpha value is -1.49. The zero-order chi connectivity index (χ0) is 11.3. The van der Waals surface area contributed by atoms with Crippen molar-refractivity contribution in [3.05, 3.63) is 24.3 Å². The van der Waals surface area contributed by atoms with Gasteiger partial charge in [0.15, 0.2) is 0 Å². The van der Waals surface area contributed by atoms with E-state index < -0.39 is 5.54 Å². The van der Waals surface area contributed by atoms with Crippen molar-refractivity contribution in [1.29, 1.82) is 0 Å². The van der Waals surface area contributed by atoms with Gasteiger partial charge < -0.3 is 10.6 Å². The molecule has 1 rings (SSSR count). The number of hydrogen-bond donors (Lipinski definition) is 2. The van der Waals surface area contributed by atoms with Crippen molar-refractivity contribution in [2.45, 2.75) is 25.9 Å². The number of carbonyl (C=O) groups excluding carboxylic acids is 1. The molecule has 0 aliphatic rings. The molecular weight excluding hydrogens is 192 g/mol. The molecule has 1 aromatic heterocycles. The van der Waals surface area contributed by atoms with Gasteiger partial charge in [-0.05, 0) is 27.0 Å². The van der Waals surface area contributed by atoms with Gasteiger partial charge in [-0.3, -0.25) is 4.79 Å². The highest BCUT2D eigenvalue weighted by Crippen LogP contribution is 2.01. The fourth-order valence-electron chi connectivity index (χ4n) is 0.928. The molecule has 82 valence electrons. The van der Waals surface area contributed by atoms with E-state index in [0.29, 0.717) is 6.54 Å². The van der Waals surface area contributed by atoms with E-state index in [1.165, 1.54) is 6.33 Å². The van der Waals surface area contributed by atoms with Gasteiger partial charge in [0.25, 0.3) is 0 Å². The van der Waals surface area contributed by atoms with Gasteiger partial charge in [-0.1, -0.05) is 0 Å². The Morgan fingerprint density at radius 1 is 1.53 bits per heavy atom. The molecule has 15 heavy (non-hydrogen) atoms. The summed E-state index contributed by atoms with van der Waals surface area (Å²) in [6.45, 7) is 4.07. The van der Waals surface area contributed by atoms with Crippen molar-refractivity contribution in [3.63, 3.8) is 0 Å². The van der Waals surface area contributed by atoms with Crippen molar-refractivity contribution < 1.29 is 4.79 Å². The van der Waals surface area contributed by atoms with Crippen LogP contribution in [0.15, 0.2) is 18.6 Å². The van der Waals surface area contributed by atoms with Crippen LogP contribution in [-0.4, -0.2) is 28.5 Å². The number of carbonyl (C=O) groups is 1. The SMILES string of the molecule is CNC(C)(C)C(=O)NCc1ccncn1. The first-order valence-corrected chi connectivity index (χ1v) is 4.78. The van der Waals surface area contributed by atoms with Crippen LogP contribution in [0.25, 0.3) is 0 Å². The molecule has 0 bridgehead atoms. The summed E-state index contributed by atoms with van der Waals surface area (Å²) in [6.07, 6.45) is 3.11. The maximum atomic E-state index is 11.7. The Balaban J connectivity index is 2.48. The summed E-state index contributed by atoms with van der Waals surface area (Å²) in [6, 6.07) is 1.77. The first-order valence-electron chi connectivity index (χ1n) is 4.78. The van der Waals surface area contributed by atoms with E-state index in [1.54, 1.807) is 19.3 Å². The van der Waals surface area contributed by atoms with Gasteiger partial charge in [-0.2, -0.15) is 0 Å². The molecule has 0 aromatic carbocycles. The Bertz CT molecular complexity index is 323. The highest BCUT2D eigenvalue weighted by molar-refractivity contribution is 5.85. The first kappa shape index (κ1) is 11.6. The molecule has 0 saturated carbocycles. The second kappa shape index (κ2) is 4.84. The molecule has 2 N–H and O–H groups in total. The summed E-state index contributed by atoms with van der Waals surface area (Å²) in [5.74, 6) is -0.0522. The van der Waals surface area contributed by atoms with Crippen LogP contribution >= 0.6 is 0 Å². The smallest absolute Gasteiger partial charge is 0.240 e. The zero-order valence-corrected chi connectivity index (χ0v) is 9.24. The Morgan fingerprint density at radius 2 is 2.27 bits per heavy atom. The monoisotopic (exact) mass is 208 g/mol. The summed E-state index contributed by atoms with van der Waals surface area (Å²) >= 11 is 0. The topological polar surface area (TPSA) is 66.9 Å². The van der Waals surface area contributed by atoms with Gasteiger partial charge in [0, 0.05) is 6.20 Å². The molecule has 5 nitrogen and oxygen atoms in total. The Morgan fingerprint density at radius 3 is 2.80 bits per heavy atom. The minimum Gasteiger partial charge on any atom is -0.349 e. The van der Waals surface area contributed by atoms with Crippen molar-refractivity contribution in [2.24, 2.45) is 0 Å². The average molecular weight is 208 g/mol. The van der Waals surface area contributed by atoms with Crippen molar-refractivity contribution in [2.75, 3.05) is 7.05 Å². The van der Waals surface area contributed by atoms with Crippen LogP contribution in [0, 0.1) is 0 Å². The molecule has 0 radical (unpaired) electrons. The minimum atomic E-state index is -0.562. The largest absolute Gasteiger partial charge is 0.349 e. The van der Waals surface area contributed by atoms with Crippen LogP contribution in [0.2, 0.25) is 0 Å². The van der Waals surface area contributed by atoms with E-state index in [9.17, 15) is 4.79 Å². The van der Waals surface area contributed by atoms with Crippen LogP contribution in [0.1, 0.15) is 19.5 Å². The molecule has 0 spiro atoms. The lowest BCUT2D eigenvalue weighted by atomic mass is 10.1. The third-order valence-corrected chi connectivity index (χ3v) is 2.27. The molecule has 0 fully saturated rings. The molecule has 5 heteroatoms. The highest BCUT2D eigenvalue weighted by Gasteiger charge is 2.24. The standard InChI is InChI=1S/C10H16N4O/c1-10(2,11-3)9(15)13-6-8-4-5-12-7-14-8/h4-5,7,11H,6H2,1-3H3,(H,13,15). The summed E-state index contributed by atoms with van der Waals surface area (Å²) in [5, 5.41) is 5.73. The maximum absolute atomic E-state index is 11.7. The van der Waals surface area contributed by atoms with Gasteiger partial charge in [-0.25, -0.2) is 9.97 Å². The average Bonchev–Trinajstić information content (AvgIpc) is 2.27. The van der Waals surface area contributed by atoms with E-state index in [2.05, 4.69) is 20.6 Å². The Kier molecular flexibility index (Phi) is 3.74. The number of likely N-dealkylation sites (N-methyl/N-ethyl adjacent to an activating group) is 1. The van der Waals surface area contributed by atoms with Crippen LogP contribution in [0.4, 0.5) is 0 Å². The minimum absolute atomic E-state index is 0.0522. The summed E-state index contributed by atoms with van der Waals surface area (Å²) < 4.78 is 0. The second-order valence-electron chi connectivity index (χ2n) is 3.76. The maximum Gasteiger partial charge on any atom is 0.240 e. The van der Waals surface area contributed by atoms with Crippen LogP contribution < -0.4 is 10.6 Å². The number of rotatable bonds is 4. The fraction of sp³-hybridized carbons (Fsp3) is 0.500. The fourth-order valence-corrected chi connectivity index (χ4v) is 0.928. The lowest BCUT2D eigenvalue weighted by molar-refractivity contribution is -0.126. The van der Waals surface area contributed by atoms with Crippen molar-refractivity contribution in [3.8, 4) is 0 Å². The lowest BCUT2D eigenvalue weighted by Gasteiger charge is -2.22. The quantitative estimate of drug-likeness (QED) is 0.736. The van der Waals surface area contributed by atoms with Crippen LogP contribution in [-0.2, 0) is 11.3 Å². The molecular formula is C10H16N4O. The number of aromatic nitrogens is 2. The number of hydrogen-bond acceptors (Lipinski definition) is 4. The van der Waals surface area contributed by atoms with Gasteiger partial charge in [0.05, 0.1) is 17.8 Å². The molecule has 1 heterocycles. The number of nitrogens with zero attached hydrogens (tertiary/aromatic N) is 2. The van der Waals surface area contributed by atoms with E-state index in [4.69, 9.17) is 0 Å². The second-order valence-corrected chi connectivity index (χ2v) is 3.76. The third kappa shape index (κ3) is 3.28. The molecule has 0 atom stereocenters. The van der Waals surface area contributed by atoms with E-state index in [0.717, 1.165) is 5.69 Å². The number of amides is 1. The van der Waals surface area contributed by atoms with Gasteiger partial charge >= 0.3 is 0 Å². The van der Waals surface area contributed by atoms with Crippen LogP contribution in [0.3, 0.4) is 0 Å². The normalized spacial score (nSPS) is 11.1. The summed E-state index contributed by atoms with van der Waals surface area (Å²) in [4.78, 5) is 19.5. The molecule has 0 unspecified atom stereocenters. The van der Waals surface area contributed by atoms with Gasteiger partial charge in [0.1, 0.15) is 6.33 Å². The van der Waals surface area contributed by atoms with E-state index in [-0.39, 0.29) is 5.91 Å². The van der Waals surface area contributed by atoms with Gasteiger partial charge in [0.2, 0.25) is 5.91 Å². The predicted molar refractivity (Wildman–Crippen MR) is 57.0 cm³/mol. The molecule has 0 saturated heterocycles. The van der Waals surface area contributed by atoms with Crippen molar-refractivity contribution >= 4 is 5.91 Å². The first-order chi connectivity index (χ1) is 7.06. The molecule has 1 aromatic rings. The predicted octanol–water partition coefficient (Wildman–Crippen LogP) is 0.0908. The molecule has 0 aliphatic heterocycles. The van der Waals surface area contributed by atoms with Crippen LogP contribution in [0.5, 0.6) is 0 Å². The summed E-state index contributed by atoms with van der Waals surface area (Å²) in [7, 11) is 1.75. The molecule has 0 aliphatic carbocycles. The third-order valence-electron chi connectivity index (χ3n) is 2.27. The van der Waals surface area contributed by atoms with E-state index in [1.807, 2.05) is 13.8 Å². The van der Waals surface area contributed by atoms with Crippen molar-refractivity contribution in [1.82, 2.24) is 20.6 Å². The highest BCUT2D eigenvalue weighted by atomic mass is 16.2. The zero-order valence-electron chi connectivity index (χ0n) is 9.24. The summed E-state index contributed by atoms with van der Waals surface area (Å²) in [5.41, 5.74) is 0.234. The molecule has 1 amide bonds. The number of nitrogens with one attached hydrogen (secondary N) is 2.